The molecule has 1 aromatic rings. The van der Waals surface area contributed by atoms with Crippen LogP contribution in [-0.2, 0) is 11.0 Å². The minimum atomic E-state index is -4.43. The van der Waals surface area contributed by atoms with Crippen molar-refractivity contribution in [3.63, 3.8) is 0 Å². The van der Waals surface area contributed by atoms with Gasteiger partial charge in [0.25, 0.3) is 0 Å². The highest BCUT2D eigenvalue weighted by atomic mass is 35.5. The van der Waals surface area contributed by atoms with E-state index in [0.717, 1.165) is 25.1 Å². The average molecular weight is 352 g/mol. The van der Waals surface area contributed by atoms with Gasteiger partial charge in [0.1, 0.15) is 0 Å². The molecule has 0 aliphatic heterocycles. The van der Waals surface area contributed by atoms with Crippen molar-refractivity contribution >= 4 is 23.2 Å². The summed E-state index contributed by atoms with van der Waals surface area (Å²) in [5.41, 5.74) is -0.612. The number of hydrogen-bond acceptors (Lipinski definition) is 3. The number of carbonyl (C=O) groups excluding carboxylic acids is 1. The summed E-state index contributed by atoms with van der Waals surface area (Å²) in [6.07, 6.45) is -3.43. The van der Waals surface area contributed by atoms with E-state index in [0.29, 0.717) is 6.54 Å². The normalized spacial score (nSPS) is 11.6. The van der Waals surface area contributed by atoms with Gasteiger partial charge in [0.2, 0.25) is 5.91 Å². The van der Waals surface area contributed by atoms with Crippen LogP contribution in [0.5, 0.6) is 0 Å². The van der Waals surface area contributed by atoms with E-state index >= 15 is 0 Å². The fourth-order valence-corrected chi connectivity index (χ4v) is 2.04. The van der Waals surface area contributed by atoms with E-state index in [9.17, 15) is 18.0 Å². The molecule has 0 saturated heterocycles. The number of hydrogen-bond donors (Lipinski definition) is 2. The lowest BCUT2D eigenvalue weighted by Gasteiger charge is -2.13. The molecule has 0 heterocycles. The Kier molecular flexibility index (Phi) is 7.64. The van der Waals surface area contributed by atoms with Crippen LogP contribution in [0.4, 0.5) is 18.9 Å². The maximum absolute atomic E-state index is 12.6. The first kappa shape index (κ1) is 19.6. The zero-order valence-electron chi connectivity index (χ0n) is 13.1. The van der Waals surface area contributed by atoms with E-state index < -0.39 is 11.7 Å². The van der Waals surface area contributed by atoms with Crippen LogP contribution in [0.15, 0.2) is 18.2 Å². The number of amides is 1. The van der Waals surface area contributed by atoms with Gasteiger partial charge in [-0.2, -0.15) is 13.2 Å². The molecule has 4 nitrogen and oxygen atoms in total. The first-order valence-corrected chi connectivity index (χ1v) is 7.60. The molecule has 0 saturated carbocycles. The molecule has 0 atom stereocenters. The van der Waals surface area contributed by atoms with Crippen LogP contribution in [-0.4, -0.2) is 44.5 Å². The Morgan fingerprint density at radius 3 is 2.57 bits per heavy atom. The summed E-state index contributed by atoms with van der Waals surface area (Å²) in [5, 5.41) is 5.70. The van der Waals surface area contributed by atoms with Gasteiger partial charge in [-0.3, -0.25) is 4.79 Å². The maximum Gasteiger partial charge on any atom is 0.416 e. The highest BCUT2D eigenvalue weighted by Gasteiger charge is 2.30. The van der Waals surface area contributed by atoms with Crippen molar-refractivity contribution in [1.29, 1.82) is 0 Å². The molecule has 1 rings (SSSR count). The quantitative estimate of drug-likeness (QED) is 0.707. The van der Waals surface area contributed by atoms with Gasteiger partial charge in [0.15, 0.2) is 0 Å². The number of carbonyl (C=O) groups is 1. The number of halogens is 4. The number of rotatable bonds is 8. The molecule has 0 unspecified atom stereocenters. The van der Waals surface area contributed by atoms with Crippen molar-refractivity contribution in [2.45, 2.75) is 19.0 Å². The molecule has 0 spiro atoms. The van der Waals surface area contributed by atoms with Crippen LogP contribution in [0.1, 0.15) is 18.4 Å². The van der Waals surface area contributed by atoms with Gasteiger partial charge in [0.05, 0.1) is 16.3 Å². The van der Waals surface area contributed by atoms with E-state index in [1.54, 1.807) is 0 Å². The van der Waals surface area contributed by atoms with Gasteiger partial charge in [-0.15, -0.1) is 0 Å². The summed E-state index contributed by atoms with van der Waals surface area (Å²) in [6, 6.07) is 3.05. The zero-order valence-corrected chi connectivity index (χ0v) is 13.9. The zero-order chi connectivity index (χ0) is 17.5. The summed E-state index contributed by atoms with van der Waals surface area (Å²) in [4.78, 5) is 13.6. The predicted octanol–water partition coefficient (Wildman–Crippen LogP) is 3.23. The van der Waals surface area contributed by atoms with Crippen LogP contribution in [0.2, 0.25) is 5.02 Å². The van der Waals surface area contributed by atoms with Crippen molar-refractivity contribution in [3.8, 4) is 0 Å². The Hall–Kier alpha value is -1.47. The molecule has 0 aliphatic rings. The Bertz CT molecular complexity index is 521. The number of benzene rings is 1. The van der Waals surface area contributed by atoms with E-state index in [4.69, 9.17) is 11.6 Å². The first-order chi connectivity index (χ1) is 10.7. The van der Waals surface area contributed by atoms with Gasteiger partial charge in [-0.25, -0.2) is 0 Å². The van der Waals surface area contributed by atoms with Crippen molar-refractivity contribution in [2.24, 2.45) is 0 Å². The lowest BCUT2D eigenvalue weighted by atomic mass is 10.2. The number of nitrogens with zero attached hydrogens (tertiary/aromatic N) is 1. The van der Waals surface area contributed by atoms with Gasteiger partial charge in [-0.1, -0.05) is 11.6 Å². The highest BCUT2D eigenvalue weighted by molar-refractivity contribution is 6.33. The molecule has 8 heteroatoms. The standard InChI is InChI=1S/C15H21ClF3N3O/c1-22(2)9-3-7-21-14(23)6-8-20-13-10-11(15(17,18)19)4-5-12(13)16/h4-5,10,20H,3,6-9H2,1-2H3,(H,21,23). The molecular formula is C15H21ClF3N3O. The van der Waals surface area contributed by atoms with Crippen LogP contribution in [0, 0.1) is 0 Å². The molecular weight excluding hydrogens is 331 g/mol. The van der Waals surface area contributed by atoms with Crippen LogP contribution in [0.25, 0.3) is 0 Å². The summed E-state index contributed by atoms with van der Waals surface area (Å²) in [7, 11) is 3.90. The summed E-state index contributed by atoms with van der Waals surface area (Å²) >= 11 is 5.86. The maximum atomic E-state index is 12.6. The lowest BCUT2D eigenvalue weighted by Crippen LogP contribution is -2.28. The summed E-state index contributed by atoms with van der Waals surface area (Å²) in [5.74, 6) is -0.153. The van der Waals surface area contributed by atoms with Crippen molar-refractivity contribution in [1.82, 2.24) is 10.2 Å². The topological polar surface area (TPSA) is 44.4 Å². The Labute approximate surface area is 139 Å². The Morgan fingerprint density at radius 1 is 1.26 bits per heavy atom. The van der Waals surface area contributed by atoms with Crippen LogP contribution >= 0.6 is 11.6 Å². The SMILES string of the molecule is CN(C)CCCNC(=O)CCNc1cc(C(F)(F)F)ccc1Cl. The lowest BCUT2D eigenvalue weighted by molar-refractivity contribution is -0.137. The third-order valence-corrected chi connectivity index (χ3v) is 3.40. The molecule has 1 amide bonds. The van der Waals surface area contributed by atoms with E-state index in [2.05, 4.69) is 10.6 Å². The molecule has 0 fully saturated rings. The third kappa shape index (κ3) is 7.56. The van der Waals surface area contributed by atoms with Gasteiger partial charge in [-0.05, 0) is 45.3 Å². The van der Waals surface area contributed by atoms with E-state index in [1.807, 2.05) is 19.0 Å². The molecule has 0 aliphatic carbocycles. The van der Waals surface area contributed by atoms with Gasteiger partial charge >= 0.3 is 6.18 Å². The minimum absolute atomic E-state index is 0.153. The first-order valence-electron chi connectivity index (χ1n) is 7.22. The molecule has 2 N–H and O–H groups in total. The number of alkyl halides is 3. The minimum Gasteiger partial charge on any atom is -0.383 e. The highest BCUT2D eigenvalue weighted by Crippen LogP contribution is 2.33. The Balaban J connectivity index is 2.39. The molecule has 23 heavy (non-hydrogen) atoms. The fraction of sp³-hybridized carbons (Fsp3) is 0.533. The van der Waals surface area contributed by atoms with Gasteiger partial charge < -0.3 is 15.5 Å². The van der Waals surface area contributed by atoms with E-state index in [1.165, 1.54) is 6.07 Å². The molecule has 0 aromatic heterocycles. The molecule has 130 valence electrons. The largest absolute Gasteiger partial charge is 0.416 e. The van der Waals surface area contributed by atoms with Gasteiger partial charge in [0, 0.05) is 19.5 Å². The second-order valence-corrected chi connectivity index (χ2v) is 5.78. The van der Waals surface area contributed by atoms with Crippen LogP contribution < -0.4 is 10.6 Å². The number of nitrogens with one attached hydrogen (secondary N) is 2. The average Bonchev–Trinajstić information content (AvgIpc) is 2.44. The summed E-state index contributed by atoms with van der Waals surface area (Å²) in [6.45, 7) is 1.65. The van der Waals surface area contributed by atoms with E-state index in [-0.39, 0.29) is 29.6 Å². The van der Waals surface area contributed by atoms with Crippen molar-refractivity contribution in [2.75, 3.05) is 39.0 Å². The third-order valence-electron chi connectivity index (χ3n) is 3.07. The van der Waals surface area contributed by atoms with Crippen LogP contribution in [0.3, 0.4) is 0 Å². The predicted molar refractivity (Wildman–Crippen MR) is 85.7 cm³/mol. The fourth-order valence-electron chi connectivity index (χ4n) is 1.86. The smallest absolute Gasteiger partial charge is 0.383 e. The summed E-state index contributed by atoms with van der Waals surface area (Å²) < 4.78 is 37.9. The molecule has 0 radical (unpaired) electrons. The van der Waals surface area contributed by atoms with Crippen molar-refractivity contribution < 1.29 is 18.0 Å². The monoisotopic (exact) mass is 351 g/mol. The molecule has 1 aromatic carbocycles. The molecule has 0 bridgehead atoms. The second kappa shape index (κ2) is 8.98. The second-order valence-electron chi connectivity index (χ2n) is 5.38. The number of anilines is 1. The van der Waals surface area contributed by atoms with Crippen molar-refractivity contribution in [3.05, 3.63) is 28.8 Å². The Morgan fingerprint density at radius 2 is 1.96 bits per heavy atom.